The lowest BCUT2D eigenvalue weighted by Crippen LogP contribution is -2.38. The van der Waals surface area contributed by atoms with E-state index < -0.39 is 0 Å². The van der Waals surface area contributed by atoms with Crippen molar-refractivity contribution in [2.45, 2.75) is 32.1 Å². The number of pyridine rings is 1. The van der Waals surface area contributed by atoms with Crippen molar-refractivity contribution in [3.8, 4) is 5.88 Å². The molecule has 0 spiro atoms. The minimum absolute atomic E-state index is 0.308. The van der Waals surface area contributed by atoms with Crippen LogP contribution in [0.1, 0.15) is 17.7 Å². The van der Waals surface area contributed by atoms with Gasteiger partial charge in [0.25, 0.3) is 0 Å². The summed E-state index contributed by atoms with van der Waals surface area (Å²) in [5.41, 5.74) is 2.45. The summed E-state index contributed by atoms with van der Waals surface area (Å²) in [4.78, 5) is 11.0. The monoisotopic (exact) mass is 338 g/mol. The van der Waals surface area contributed by atoms with E-state index in [0.717, 1.165) is 26.1 Å². The number of hydrogen-bond donors (Lipinski definition) is 0. The van der Waals surface area contributed by atoms with Crippen LogP contribution >= 0.6 is 0 Å². The number of imidazole rings is 1. The fourth-order valence-corrected chi connectivity index (χ4v) is 3.26. The van der Waals surface area contributed by atoms with E-state index in [1.165, 1.54) is 11.3 Å². The summed E-state index contributed by atoms with van der Waals surface area (Å²) >= 11 is 0. The molecular weight excluding hydrogens is 316 g/mol. The van der Waals surface area contributed by atoms with Crippen LogP contribution in [0.25, 0.3) is 0 Å². The highest BCUT2D eigenvalue weighted by atomic mass is 16.5. The quantitative estimate of drug-likeness (QED) is 0.711. The normalized spacial score (nSPS) is 17.9. The minimum atomic E-state index is 0.308. The van der Waals surface area contributed by atoms with Crippen molar-refractivity contribution in [3.05, 3.63) is 60.6 Å². The number of ether oxygens (including phenoxy) is 1. The van der Waals surface area contributed by atoms with E-state index in [0.29, 0.717) is 18.5 Å². The molecule has 0 saturated heterocycles. The van der Waals surface area contributed by atoms with Crippen LogP contribution in [-0.4, -0.2) is 41.9 Å². The second-order valence-electron chi connectivity index (χ2n) is 6.43. The van der Waals surface area contributed by atoms with Gasteiger partial charge in [-0.05, 0) is 12.5 Å². The van der Waals surface area contributed by atoms with E-state index in [1.54, 1.807) is 6.20 Å². The smallest absolute Gasteiger partial charge is 0.213 e. The molecule has 3 aromatic rings. The molecule has 130 valence electrons. The first kappa shape index (κ1) is 15.8. The first-order chi connectivity index (χ1) is 12.3. The summed E-state index contributed by atoms with van der Waals surface area (Å²) in [5.74, 6) is 0.675. The Balaban J connectivity index is 1.50. The molecule has 0 N–H and O–H groups in total. The lowest BCUT2D eigenvalue weighted by atomic mass is 10.1. The summed E-state index contributed by atoms with van der Waals surface area (Å²) in [7, 11) is 1.95. The van der Waals surface area contributed by atoms with Crippen LogP contribution in [0.15, 0.2) is 49.3 Å². The van der Waals surface area contributed by atoms with Crippen molar-refractivity contribution < 1.29 is 4.74 Å². The molecule has 0 bridgehead atoms. The van der Waals surface area contributed by atoms with Crippen LogP contribution in [0.3, 0.4) is 0 Å². The van der Waals surface area contributed by atoms with Crippen LogP contribution in [0.2, 0.25) is 0 Å². The highest BCUT2D eigenvalue weighted by molar-refractivity contribution is 5.10. The maximum absolute atomic E-state index is 5.95. The van der Waals surface area contributed by atoms with Gasteiger partial charge in [-0.3, -0.25) is 9.58 Å². The molecule has 0 aromatic carbocycles. The molecule has 0 unspecified atom stereocenters. The predicted molar refractivity (Wildman–Crippen MR) is 92.8 cm³/mol. The lowest BCUT2D eigenvalue weighted by molar-refractivity contribution is 0.116. The van der Waals surface area contributed by atoms with Crippen molar-refractivity contribution in [1.82, 2.24) is 29.2 Å². The van der Waals surface area contributed by atoms with Gasteiger partial charge in [0.15, 0.2) is 0 Å². The summed E-state index contributed by atoms with van der Waals surface area (Å²) < 4.78 is 10.0. The molecule has 25 heavy (non-hydrogen) atoms. The Kier molecular flexibility index (Phi) is 4.47. The van der Waals surface area contributed by atoms with Gasteiger partial charge in [0.2, 0.25) is 5.88 Å². The SMILES string of the molecule is Cn1cc(CN2Cc3cncn3CC[C@H]2COc2ccccn2)cn1. The molecule has 0 amide bonds. The van der Waals surface area contributed by atoms with E-state index in [1.807, 2.05) is 48.6 Å². The Bertz CT molecular complexity index is 812. The molecule has 1 atom stereocenters. The van der Waals surface area contributed by atoms with E-state index in [4.69, 9.17) is 4.74 Å². The van der Waals surface area contributed by atoms with Gasteiger partial charge in [-0.25, -0.2) is 9.97 Å². The van der Waals surface area contributed by atoms with E-state index >= 15 is 0 Å². The molecule has 4 heterocycles. The van der Waals surface area contributed by atoms with Crippen LogP contribution in [-0.2, 0) is 26.7 Å². The maximum Gasteiger partial charge on any atom is 0.213 e. The maximum atomic E-state index is 5.95. The zero-order valence-corrected chi connectivity index (χ0v) is 14.3. The Labute approximate surface area is 146 Å². The van der Waals surface area contributed by atoms with Gasteiger partial charge in [0.1, 0.15) is 6.61 Å². The first-order valence-electron chi connectivity index (χ1n) is 8.52. The van der Waals surface area contributed by atoms with E-state index in [2.05, 4.69) is 30.7 Å². The number of rotatable bonds is 5. The number of aromatic nitrogens is 5. The van der Waals surface area contributed by atoms with E-state index in [9.17, 15) is 0 Å². The van der Waals surface area contributed by atoms with E-state index in [-0.39, 0.29) is 0 Å². The summed E-state index contributed by atoms with van der Waals surface area (Å²) in [6, 6.07) is 6.05. The van der Waals surface area contributed by atoms with Gasteiger partial charge in [-0.1, -0.05) is 6.07 Å². The molecule has 1 aliphatic rings. The largest absolute Gasteiger partial charge is 0.476 e. The molecule has 0 aliphatic carbocycles. The lowest BCUT2D eigenvalue weighted by Gasteiger charge is -2.28. The highest BCUT2D eigenvalue weighted by Gasteiger charge is 2.25. The third kappa shape index (κ3) is 3.71. The molecule has 1 aliphatic heterocycles. The van der Waals surface area contributed by atoms with Gasteiger partial charge in [-0.15, -0.1) is 0 Å². The van der Waals surface area contributed by atoms with Gasteiger partial charge < -0.3 is 9.30 Å². The molecular formula is C18H22N6O. The average molecular weight is 338 g/mol. The van der Waals surface area contributed by atoms with Crippen molar-refractivity contribution in [2.75, 3.05) is 6.61 Å². The predicted octanol–water partition coefficient (Wildman–Crippen LogP) is 1.87. The average Bonchev–Trinajstić information content (AvgIpc) is 3.21. The van der Waals surface area contributed by atoms with Gasteiger partial charge >= 0.3 is 0 Å². The Morgan fingerprint density at radius 1 is 1.28 bits per heavy atom. The van der Waals surface area contributed by atoms with Gasteiger partial charge in [-0.2, -0.15) is 5.10 Å². The highest BCUT2D eigenvalue weighted by Crippen LogP contribution is 2.21. The zero-order valence-electron chi connectivity index (χ0n) is 14.3. The Hall–Kier alpha value is -2.67. The summed E-state index contributed by atoms with van der Waals surface area (Å²) in [5, 5.41) is 4.29. The number of aryl methyl sites for hydroxylation is 2. The third-order valence-electron chi connectivity index (χ3n) is 4.59. The molecule has 0 saturated carbocycles. The van der Waals surface area contributed by atoms with Gasteiger partial charge in [0.05, 0.1) is 18.2 Å². The van der Waals surface area contributed by atoms with Crippen molar-refractivity contribution >= 4 is 0 Å². The summed E-state index contributed by atoms with van der Waals surface area (Å²) in [6.07, 6.45) is 10.6. The van der Waals surface area contributed by atoms with Crippen molar-refractivity contribution in [3.63, 3.8) is 0 Å². The first-order valence-corrected chi connectivity index (χ1v) is 8.52. The van der Waals surface area contributed by atoms with Crippen molar-refractivity contribution in [2.24, 2.45) is 7.05 Å². The Morgan fingerprint density at radius 3 is 3.04 bits per heavy atom. The second-order valence-corrected chi connectivity index (χ2v) is 6.43. The standard InChI is InChI=1S/C18H22N6O/c1-22-10-15(8-21-22)11-24-12-17-9-19-14-23(17)7-5-16(24)13-25-18-4-2-3-6-20-18/h2-4,6,8-10,14,16H,5,7,11-13H2,1H3/t16-/m0/s1. The van der Waals surface area contributed by atoms with Crippen LogP contribution in [0.5, 0.6) is 5.88 Å². The minimum Gasteiger partial charge on any atom is -0.476 e. The molecule has 3 aromatic heterocycles. The molecule has 4 rings (SSSR count). The number of nitrogens with zero attached hydrogens (tertiary/aromatic N) is 6. The number of fused-ring (bicyclic) bond motifs is 1. The molecule has 0 fully saturated rings. The fourth-order valence-electron chi connectivity index (χ4n) is 3.26. The molecule has 7 nitrogen and oxygen atoms in total. The van der Waals surface area contributed by atoms with Gasteiger partial charge in [0, 0.05) is 62.9 Å². The third-order valence-corrected chi connectivity index (χ3v) is 4.59. The van der Waals surface area contributed by atoms with Crippen LogP contribution in [0.4, 0.5) is 0 Å². The fraction of sp³-hybridized carbons (Fsp3) is 0.389. The Morgan fingerprint density at radius 2 is 2.24 bits per heavy atom. The topological polar surface area (TPSA) is 61.0 Å². The van der Waals surface area contributed by atoms with Crippen LogP contribution in [0, 0.1) is 0 Å². The molecule has 0 radical (unpaired) electrons. The van der Waals surface area contributed by atoms with Crippen molar-refractivity contribution in [1.29, 1.82) is 0 Å². The second kappa shape index (κ2) is 7.06. The molecule has 7 heteroatoms. The summed E-state index contributed by atoms with van der Waals surface area (Å²) in [6.45, 7) is 3.27. The number of hydrogen-bond acceptors (Lipinski definition) is 5. The zero-order chi connectivity index (χ0) is 17.1. The van der Waals surface area contributed by atoms with Crippen LogP contribution < -0.4 is 4.74 Å².